The minimum Gasteiger partial charge on any atom is -0.399 e. The van der Waals surface area contributed by atoms with E-state index in [-0.39, 0.29) is 0 Å². The zero-order chi connectivity index (χ0) is 13.1. The normalized spacial score (nSPS) is 10.3. The number of nitrogens with two attached hydrogens (primary N) is 1. The highest BCUT2D eigenvalue weighted by Gasteiger charge is 2.05. The molecule has 19 heavy (non-hydrogen) atoms. The number of hydrogen-bond donors (Lipinski definition) is 1. The lowest BCUT2D eigenvalue weighted by Crippen LogP contribution is -1.91. The van der Waals surface area contributed by atoms with Gasteiger partial charge in [0.05, 0.1) is 11.4 Å². The summed E-state index contributed by atoms with van der Waals surface area (Å²) in [6, 6.07) is 17.6. The Labute approximate surface area is 111 Å². The Morgan fingerprint density at radius 2 is 1.21 bits per heavy atom. The van der Waals surface area contributed by atoms with Crippen LogP contribution in [0.5, 0.6) is 0 Å². The summed E-state index contributed by atoms with van der Waals surface area (Å²) in [6.07, 6.45) is 3.55. The van der Waals surface area contributed by atoms with Gasteiger partial charge in [0.25, 0.3) is 0 Å². The predicted molar refractivity (Wildman–Crippen MR) is 77.3 cm³/mol. The van der Waals surface area contributed by atoms with E-state index in [2.05, 4.69) is 16.0 Å². The van der Waals surface area contributed by atoms with Crippen LogP contribution in [-0.2, 0) is 0 Å². The van der Waals surface area contributed by atoms with Gasteiger partial charge in [-0.2, -0.15) is 0 Å². The summed E-state index contributed by atoms with van der Waals surface area (Å²) in [6.45, 7) is 0. The lowest BCUT2D eigenvalue weighted by molar-refractivity contribution is 1.31. The lowest BCUT2D eigenvalue weighted by Gasteiger charge is -2.06. The van der Waals surface area contributed by atoms with Gasteiger partial charge in [0, 0.05) is 29.2 Å². The molecular formula is C16H13N3. The van der Waals surface area contributed by atoms with Crippen LogP contribution in [0.25, 0.3) is 22.5 Å². The summed E-state index contributed by atoms with van der Waals surface area (Å²) < 4.78 is 0. The summed E-state index contributed by atoms with van der Waals surface area (Å²) in [5.41, 5.74) is 10.5. The van der Waals surface area contributed by atoms with Crippen LogP contribution in [-0.4, -0.2) is 9.97 Å². The van der Waals surface area contributed by atoms with Crippen molar-refractivity contribution < 1.29 is 0 Å². The Balaban J connectivity index is 2.12. The molecule has 0 bridgehead atoms. The van der Waals surface area contributed by atoms with E-state index in [1.54, 1.807) is 12.4 Å². The number of nitrogen functional groups attached to an aromatic ring is 1. The zero-order valence-electron chi connectivity index (χ0n) is 10.3. The van der Waals surface area contributed by atoms with Crippen LogP contribution in [0, 0.1) is 0 Å². The molecule has 2 heterocycles. The van der Waals surface area contributed by atoms with E-state index in [1.807, 2.05) is 48.5 Å². The Hall–Kier alpha value is -2.68. The molecule has 0 saturated heterocycles. The first kappa shape index (κ1) is 11.4. The number of pyridine rings is 2. The number of hydrogen-bond acceptors (Lipinski definition) is 3. The second-order valence-corrected chi connectivity index (χ2v) is 4.27. The van der Waals surface area contributed by atoms with Gasteiger partial charge in [-0.3, -0.25) is 9.97 Å². The molecule has 2 aromatic heterocycles. The van der Waals surface area contributed by atoms with Crippen LogP contribution in [0.1, 0.15) is 0 Å². The second-order valence-electron chi connectivity index (χ2n) is 4.27. The quantitative estimate of drug-likeness (QED) is 0.706. The van der Waals surface area contributed by atoms with Crippen molar-refractivity contribution in [2.75, 3.05) is 5.73 Å². The van der Waals surface area contributed by atoms with Crippen LogP contribution >= 0.6 is 0 Å². The molecule has 0 amide bonds. The molecule has 1 aromatic carbocycles. The van der Waals surface area contributed by atoms with E-state index in [0.717, 1.165) is 22.5 Å². The summed E-state index contributed by atoms with van der Waals surface area (Å²) in [4.78, 5) is 8.70. The van der Waals surface area contributed by atoms with Crippen LogP contribution < -0.4 is 5.73 Å². The molecule has 3 heteroatoms. The van der Waals surface area contributed by atoms with Gasteiger partial charge in [0.1, 0.15) is 0 Å². The highest BCUT2D eigenvalue weighted by atomic mass is 14.7. The van der Waals surface area contributed by atoms with Crippen molar-refractivity contribution in [1.82, 2.24) is 9.97 Å². The molecule has 0 atom stereocenters. The molecule has 0 aliphatic carbocycles. The number of aromatic nitrogens is 2. The van der Waals surface area contributed by atoms with E-state index >= 15 is 0 Å². The van der Waals surface area contributed by atoms with Crippen LogP contribution in [0.2, 0.25) is 0 Å². The maximum Gasteiger partial charge on any atom is 0.0702 e. The molecule has 3 rings (SSSR count). The Kier molecular flexibility index (Phi) is 2.94. The largest absolute Gasteiger partial charge is 0.399 e. The smallest absolute Gasteiger partial charge is 0.0702 e. The van der Waals surface area contributed by atoms with Crippen LogP contribution in [0.15, 0.2) is 67.0 Å². The molecule has 0 aliphatic rings. The zero-order valence-corrected chi connectivity index (χ0v) is 10.3. The fourth-order valence-corrected chi connectivity index (χ4v) is 2.01. The van der Waals surface area contributed by atoms with Crippen LogP contribution in [0.4, 0.5) is 5.69 Å². The van der Waals surface area contributed by atoms with E-state index in [1.165, 1.54) is 0 Å². The molecule has 3 nitrogen and oxygen atoms in total. The van der Waals surface area contributed by atoms with Gasteiger partial charge < -0.3 is 5.73 Å². The average molecular weight is 247 g/mol. The fourth-order valence-electron chi connectivity index (χ4n) is 2.01. The van der Waals surface area contributed by atoms with Crippen molar-refractivity contribution in [1.29, 1.82) is 0 Å². The molecule has 3 aromatic rings. The Morgan fingerprint density at radius 3 is 1.63 bits per heavy atom. The first-order valence-corrected chi connectivity index (χ1v) is 6.06. The maximum atomic E-state index is 5.98. The van der Waals surface area contributed by atoms with Gasteiger partial charge in [-0.25, -0.2) is 0 Å². The summed E-state index contributed by atoms with van der Waals surface area (Å²) in [5.74, 6) is 0. The van der Waals surface area contributed by atoms with Gasteiger partial charge in [-0.15, -0.1) is 0 Å². The molecule has 0 aliphatic heterocycles. The maximum absolute atomic E-state index is 5.98. The molecule has 2 N–H and O–H groups in total. The molecule has 0 unspecified atom stereocenters. The number of nitrogens with zero attached hydrogens (tertiary/aromatic N) is 2. The van der Waals surface area contributed by atoms with Gasteiger partial charge in [0.2, 0.25) is 0 Å². The SMILES string of the molecule is Nc1cc(-c2ccccn2)cc(-c2ccccn2)c1. The third-order valence-electron chi connectivity index (χ3n) is 2.88. The molecule has 0 radical (unpaired) electrons. The molecule has 0 fully saturated rings. The van der Waals surface area contributed by atoms with Crippen molar-refractivity contribution >= 4 is 5.69 Å². The molecular weight excluding hydrogens is 234 g/mol. The van der Waals surface area contributed by atoms with Crippen molar-refractivity contribution in [2.45, 2.75) is 0 Å². The van der Waals surface area contributed by atoms with Crippen molar-refractivity contribution in [3.8, 4) is 22.5 Å². The van der Waals surface area contributed by atoms with Crippen LogP contribution in [0.3, 0.4) is 0 Å². The van der Waals surface area contributed by atoms with Gasteiger partial charge in [-0.05, 0) is 42.5 Å². The van der Waals surface area contributed by atoms with E-state index in [4.69, 9.17) is 5.73 Å². The highest BCUT2D eigenvalue weighted by Crippen LogP contribution is 2.27. The third kappa shape index (κ3) is 2.45. The summed E-state index contributed by atoms with van der Waals surface area (Å²) in [5, 5.41) is 0. The third-order valence-corrected chi connectivity index (χ3v) is 2.88. The van der Waals surface area contributed by atoms with E-state index < -0.39 is 0 Å². The number of anilines is 1. The minimum absolute atomic E-state index is 0.712. The first-order valence-electron chi connectivity index (χ1n) is 6.06. The average Bonchev–Trinajstić information content (AvgIpc) is 2.48. The Bertz CT molecular complexity index is 621. The van der Waals surface area contributed by atoms with Crippen molar-refractivity contribution in [3.63, 3.8) is 0 Å². The number of rotatable bonds is 2. The minimum atomic E-state index is 0.712. The first-order chi connectivity index (χ1) is 9.33. The van der Waals surface area contributed by atoms with E-state index in [9.17, 15) is 0 Å². The van der Waals surface area contributed by atoms with Crippen molar-refractivity contribution in [2.24, 2.45) is 0 Å². The van der Waals surface area contributed by atoms with E-state index in [0.29, 0.717) is 5.69 Å². The summed E-state index contributed by atoms with van der Waals surface area (Å²) >= 11 is 0. The fraction of sp³-hybridized carbons (Fsp3) is 0. The van der Waals surface area contributed by atoms with Gasteiger partial charge in [0.15, 0.2) is 0 Å². The number of benzene rings is 1. The topological polar surface area (TPSA) is 51.8 Å². The van der Waals surface area contributed by atoms with Gasteiger partial charge in [-0.1, -0.05) is 12.1 Å². The monoisotopic (exact) mass is 247 g/mol. The standard InChI is InChI=1S/C16H13N3/c17-14-10-12(15-5-1-3-7-18-15)9-13(11-14)16-6-2-4-8-19-16/h1-11H,17H2. The predicted octanol–water partition coefficient (Wildman–Crippen LogP) is 3.39. The van der Waals surface area contributed by atoms with Crippen molar-refractivity contribution in [3.05, 3.63) is 67.0 Å². The molecule has 0 spiro atoms. The van der Waals surface area contributed by atoms with Gasteiger partial charge >= 0.3 is 0 Å². The Morgan fingerprint density at radius 1 is 0.684 bits per heavy atom. The lowest BCUT2D eigenvalue weighted by atomic mass is 10.0. The molecule has 92 valence electrons. The molecule has 0 saturated carbocycles. The second kappa shape index (κ2) is 4.90. The highest BCUT2D eigenvalue weighted by molar-refractivity contribution is 5.74. The summed E-state index contributed by atoms with van der Waals surface area (Å²) in [7, 11) is 0.